The lowest BCUT2D eigenvalue weighted by atomic mass is 9.99. The smallest absolute Gasteiger partial charge is 0.260 e. The highest BCUT2D eigenvalue weighted by Gasteiger charge is 2.20. The van der Waals surface area contributed by atoms with E-state index in [1.807, 2.05) is 24.3 Å². The van der Waals surface area contributed by atoms with Gasteiger partial charge in [-0.2, -0.15) is 0 Å². The topological polar surface area (TPSA) is 90.0 Å². The van der Waals surface area contributed by atoms with Crippen molar-refractivity contribution in [1.82, 2.24) is 4.98 Å². The fourth-order valence-electron chi connectivity index (χ4n) is 3.38. The van der Waals surface area contributed by atoms with E-state index in [2.05, 4.69) is 4.98 Å². The van der Waals surface area contributed by atoms with E-state index in [0.29, 0.717) is 40.5 Å². The van der Waals surface area contributed by atoms with E-state index in [9.17, 15) is 9.90 Å². The van der Waals surface area contributed by atoms with Crippen LogP contribution in [0.2, 0.25) is 0 Å². The lowest BCUT2D eigenvalue weighted by Gasteiger charge is -2.13. The molecule has 0 radical (unpaired) electrons. The number of fused-ring (bicyclic) bond motifs is 2. The molecule has 7 nitrogen and oxygen atoms in total. The van der Waals surface area contributed by atoms with Crippen LogP contribution in [-0.4, -0.2) is 37.7 Å². The molecule has 0 fully saturated rings. The van der Waals surface area contributed by atoms with Gasteiger partial charge in [0.05, 0.1) is 19.6 Å². The zero-order chi connectivity index (χ0) is 19.0. The fourth-order valence-corrected chi connectivity index (χ4v) is 3.38. The van der Waals surface area contributed by atoms with Gasteiger partial charge in [0.25, 0.3) is 5.56 Å². The van der Waals surface area contributed by atoms with Crippen LogP contribution in [0, 0.1) is 0 Å². The lowest BCUT2D eigenvalue weighted by molar-refractivity contribution is 0.174. The first-order valence-corrected chi connectivity index (χ1v) is 8.48. The van der Waals surface area contributed by atoms with Gasteiger partial charge in [0.2, 0.25) is 6.79 Å². The molecule has 140 valence electrons. The van der Waals surface area contributed by atoms with E-state index < -0.39 is 0 Å². The Hall–Kier alpha value is -3.19. The maximum absolute atomic E-state index is 12.8. The number of rotatable bonds is 5. The molecule has 1 aliphatic rings. The predicted octanol–water partition coefficient (Wildman–Crippen LogP) is 2.48. The Kier molecular flexibility index (Phi) is 4.37. The second kappa shape index (κ2) is 6.85. The summed E-state index contributed by atoms with van der Waals surface area (Å²) in [5.41, 5.74) is 1.98. The third-order valence-electron chi connectivity index (χ3n) is 4.62. The Morgan fingerprint density at radius 2 is 1.89 bits per heavy atom. The molecular formula is C20H19NO6. The normalized spacial score (nSPS) is 12.4. The standard InChI is InChI=1S/C20H19NO6/c1-24-15-4-3-12-7-14(21-20(23)18(12)19(15)25-2)13-9-17-16(26-10-27-17)8-11(13)5-6-22/h3-4,7-9,22H,5-6,10H2,1-2H3,(H,21,23). The van der Waals surface area contributed by atoms with Crippen LogP contribution in [-0.2, 0) is 6.42 Å². The molecule has 0 amide bonds. The summed E-state index contributed by atoms with van der Waals surface area (Å²) in [5, 5.41) is 10.6. The minimum absolute atomic E-state index is 0.0184. The highest BCUT2D eigenvalue weighted by molar-refractivity contribution is 5.92. The summed E-state index contributed by atoms with van der Waals surface area (Å²) in [7, 11) is 3.03. The monoisotopic (exact) mass is 369 g/mol. The van der Waals surface area contributed by atoms with Gasteiger partial charge >= 0.3 is 0 Å². The Morgan fingerprint density at radius 1 is 1.11 bits per heavy atom. The Bertz CT molecular complexity index is 1070. The molecule has 2 aromatic carbocycles. The van der Waals surface area contributed by atoms with Crippen LogP contribution in [0.5, 0.6) is 23.0 Å². The quantitative estimate of drug-likeness (QED) is 0.718. The van der Waals surface area contributed by atoms with E-state index in [1.165, 1.54) is 14.2 Å². The van der Waals surface area contributed by atoms with Crippen LogP contribution >= 0.6 is 0 Å². The number of aromatic amines is 1. The molecule has 27 heavy (non-hydrogen) atoms. The first-order valence-electron chi connectivity index (χ1n) is 8.48. The van der Waals surface area contributed by atoms with E-state index in [0.717, 1.165) is 16.5 Å². The van der Waals surface area contributed by atoms with Gasteiger partial charge in [0, 0.05) is 17.9 Å². The van der Waals surface area contributed by atoms with Crippen LogP contribution < -0.4 is 24.5 Å². The van der Waals surface area contributed by atoms with E-state index >= 15 is 0 Å². The molecule has 2 N–H and O–H groups in total. The van der Waals surface area contributed by atoms with Crippen molar-refractivity contribution in [3.63, 3.8) is 0 Å². The predicted molar refractivity (Wildman–Crippen MR) is 100 cm³/mol. The molecular weight excluding hydrogens is 350 g/mol. The number of aliphatic hydroxyl groups excluding tert-OH is 1. The summed E-state index contributed by atoms with van der Waals surface area (Å²) < 4.78 is 21.5. The van der Waals surface area contributed by atoms with E-state index in [1.54, 1.807) is 6.07 Å². The van der Waals surface area contributed by atoms with E-state index in [4.69, 9.17) is 18.9 Å². The van der Waals surface area contributed by atoms with Crippen molar-refractivity contribution in [1.29, 1.82) is 0 Å². The summed E-state index contributed by atoms with van der Waals surface area (Å²) in [4.78, 5) is 15.7. The number of hydrogen-bond acceptors (Lipinski definition) is 6. The van der Waals surface area contributed by atoms with Crippen LogP contribution in [0.1, 0.15) is 5.56 Å². The SMILES string of the molecule is COc1ccc2cc(-c3cc4c(cc3CCO)OCO4)[nH]c(=O)c2c1OC. The van der Waals surface area contributed by atoms with Crippen molar-refractivity contribution in [3.8, 4) is 34.3 Å². The Balaban J connectivity index is 1.94. The summed E-state index contributed by atoms with van der Waals surface area (Å²) in [5.74, 6) is 2.13. The zero-order valence-electron chi connectivity index (χ0n) is 15.0. The highest BCUT2D eigenvalue weighted by atomic mass is 16.7. The molecule has 0 spiro atoms. The van der Waals surface area contributed by atoms with Gasteiger partial charge in [-0.1, -0.05) is 6.07 Å². The summed E-state index contributed by atoms with van der Waals surface area (Å²) in [6.07, 6.45) is 0.429. The van der Waals surface area contributed by atoms with Gasteiger partial charge < -0.3 is 29.0 Å². The number of ether oxygens (including phenoxy) is 4. The highest BCUT2D eigenvalue weighted by Crippen LogP contribution is 2.40. The number of benzene rings is 2. The maximum Gasteiger partial charge on any atom is 0.260 e. The third-order valence-corrected chi connectivity index (χ3v) is 4.62. The number of H-pyrrole nitrogens is 1. The van der Waals surface area contributed by atoms with Gasteiger partial charge in [-0.15, -0.1) is 0 Å². The van der Waals surface area contributed by atoms with Gasteiger partial charge in [0.1, 0.15) is 0 Å². The number of nitrogens with one attached hydrogen (secondary N) is 1. The number of methoxy groups -OCH3 is 2. The lowest BCUT2D eigenvalue weighted by Crippen LogP contribution is -2.10. The molecule has 2 heterocycles. The average molecular weight is 369 g/mol. The molecule has 0 unspecified atom stereocenters. The summed E-state index contributed by atoms with van der Waals surface area (Å²) in [6.45, 7) is 0.137. The van der Waals surface area contributed by atoms with Crippen molar-refractivity contribution < 1.29 is 24.1 Å². The van der Waals surface area contributed by atoms with Crippen molar-refractivity contribution in [2.45, 2.75) is 6.42 Å². The molecule has 1 aromatic heterocycles. The molecule has 4 rings (SSSR count). The average Bonchev–Trinajstić information content (AvgIpc) is 3.14. The molecule has 1 aliphatic heterocycles. The molecule has 7 heteroatoms. The van der Waals surface area contributed by atoms with Crippen LogP contribution in [0.3, 0.4) is 0 Å². The second-order valence-electron chi connectivity index (χ2n) is 6.11. The van der Waals surface area contributed by atoms with Crippen molar-refractivity contribution in [3.05, 3.63) is 46.2 Å². The first kappa shape index (κ1) is 17.2. The molecule has 3 aromatic rings. The van der Waals surface area contributed by atoms with Crippen molar-refractivity contribution in [2.75, 3.05) is 27.6 Å². The zero-order valence-corrected chi connectivity index (χ0v) is 15.0. The summed E-state index contributed by atoms with van der Waals surface area (Å²) in [6, 6.07) is 9.11. The van der Waals surface area contributed by atoms with Crippen molar-refractivity contribution in [2.24, 2.45) is 0 Å². The van der Waals surface area contributed by atoms with Crippen molar-refractivity contribution >= 4 is 10.8 Å². The second-order valence-corrected chi connectivity index (χ2v) is 6.11. The molecule has 0 aliphatic carbocycles. The van der Waals surface area contributed by atoms with Crippen LogP contribution in [0.4, 0.5) is 0 Å². The fraction of sp³-hybridized carbons (Fsp3) is 0.250. The number of pyridine rings is 1. The van der Waals surface area contributed by atoms with Gasteiger partial charge in [-0.25, -0.2) is 0 Å². The molecule has 0 atom stereocenters. The van der Waals surface area contributed by atoms with Crippen LogP contribution in [0.15, 0.2) is 35.1 Å². The first-order chi connectivity index (χ1) is 13.2. The minimum Gasteiger partial charge on any atom is -0.493 e. The number of aliphatic hydroxyl groups is 1. The summed E-state index contributed by atoms with van der Waals surface area (Å²) >= 11 is 0. The minimum atomic E-state index is -0.286. The Labute approximate surface area is 155 Å². The third kappa shape index (κ3) is 2.86. The molecule has 0 saturated carbocycles. The maximum atomic E-state index is 12.8. The van der Waals surface area contributed by atoms with E-state index in [-0.39, 0.29) is 19.0 Å². The van der Waals surface area contributed by atoms with Crippen LogP contribution in [0.25, 0.3) is 22.0 Å². The molecule has 0 bridgehead atoms. The largest absolute Gasteiger partial charge is 0.493 e. The number of hydrogen-bond donors (Lipinski definition) is 2. The van der Waals surface area contributed by atoms with Gasteiger partial charge in [-0.3, -0.25) is 4.79 Å². The van der Waals surface area contributed by atoms with Gasteiger partial charge in [0.15, 0.2) is 23.0 Å². The number of aromatic nitrogens is 1. The Morgan fingerprint density at radius 3 is 2.59 bits per heavy atom. The molecule has 0 saturated heterocycles. The van der Waals surface area contributed by atoms with Gasteiger partial charge in [-0.05, 0) is 41.6 Å².